The van der Waals surface area contributed by atoms with Crippen molar-refractivity contribution in [2.45, 2.75) is 19.3 Å². The molecule has 0 aromatic heterocycles. The molecule has 0 saturated carbocycles. The van der Waals surface area contributed by atoms with E-state index in [9.17, 15) is 14.7 Å². The van der Waals surface area contributed by atoms with Gasteiger partial charge >= 0.3 is 0 Å². The lowest BCUT2D eigenvalue weighted by Gasteiger charge is -2.07. The van der Waals surface area contributed by atoms with E-state index in [1.165, 1.54) is 0 Å². The van der Waals surface area contributed by atoms with E-state index in [1.54, 1.807) is 42.5 Å². The Balaban J connectivity index is 1.87. The van der Waals surface area contributed by atoms with Crippen molar-refractivity contribution in [1.82, 2.24) is 0 Å². The van der Waals surface area contributed by atoms with Gasteiger partial charge < -0.3 is 16.2 Å². The number of nitrogens with two attached hydrogens (primary N) is 1. The van der Waals surface area contributed by atoms with Crippen LogP contribution >= 0.6 is 0 Å². The number of amides is 2. The van der Waals surface area contributed by atoms with Crippen molar-refractivity contribution < 1.29 is 14.7 Å². The number of carbonyl (C=O) groups is 2. The molecule has 2 aromatic carbocycles. The zero-order valence-electron chi connectivity index (χ0n) is 12.1. The van der Waals surface area contributed by atoms with Crippen LogP contribution in [-0.2, 0) is 22.4 Å². The molecule has 0 atom stereocenters. The monoisotopic (exact) mass is 298 g/mol. The zero-order chi connectivity index (χ0) is 15.9. The van der Waals surface area contributed by atoms with Crippen LogP contribution in [0, 0.1) is 0 Å². The summed E-state index contributed by atoms with van der Waals surface area (Å²) in [6.45, 7) is 0. The van der Waals surface area contributed by atoms with Gasteiger partial charge in [0.15, 0.2) is 0 Å². The lowest BCUT2D eigenvalue weighted by atomic mass is 10.1. The highest BCUT2D eigenvalue weighted by Crippen LogP contribution is 2.17. The van der Waals surface area contributed by atoms with E-state index in [4.69, 9.17) is 5.73 Å². The van der Waals surface area contributed by atoms with Gasteiger partial charge in [0, 0.05) is 12.1 Å². The second-order valence-electron chi connectivity index (χ2n) is 5.02. The second kappa shape index (κ2) is 7.26. The van der Waals surface area contributed by atoms with Gasteiger partial charge in [0.1, 0.15) is 5.75 Å². The van der Waals surface area contributed by atoms with E-state index < -0.39 is 0 Å². The quantitative estimate of drug-likeness (QED) is 0.761. The lowest BCUT2D eigenvalue weighted by Crippen LogP contribution is -2.14. The maximum Gasteiger partial charge on any atom is 0.224 e. The molecule has 0 aliphatic carbocycles. The van der Waals surface area contributed by atoms with Crippen molar-refractivity contribution in [3.05, 3.63) is 59.7 Å². The van der Waals surface area contributed by atoms with Crippen molar-refractivity contribution >= 4 is 17.5 Å². The molecule has 0 bridgehead atoms. The first kappa shape index (κ1) is 15.6. The van der Waals surface area contributed by atoms with Crippen LogP contribution in [0.2, 0.25) is 0 Å². The van der Waals surface area contributed by atoms with Gasteiger partial charge in [0.2, 0.25) is 11.8 Å². The van der Waals surface area contributed by atoms with Gasteiger partial charge in [0.25, 0.3) is 0 Å². The number of nitrogens with one attached hydrogen (secondary N) is 1. The summed E-state index contributed by atoms with van der Waals surface area (Å²) < 4.78 is 0. The van der Waals surface area contributed by atoms with Crippen molar-refractivity contribution in [3.63, 3.8) is 0 Å². The fourth-order valence-electron chi connectivity index (χ4n) is 2.10. The molecule has 0 aliphatic heterocycles. The van der Waals surface area contributed by atoms with Crippen molar-refractivity contribution in [1.29, 1.82) is 0 Å². The normalized spacial score (nSPS) is 10.2. The summed E-state index contributed by atoms with van der Waals surface area (Å²) in [6, 6.07) is 13.9. The van der Waals surface area contributed by atoms with Crippen LogP contribution in [0.4, 0.5) is 5.69 Å². The molecule has 5 nitrogen and oxygen atoms in total. The molecule has 4 N–H and O–H groups in total. The van der Waals surface area contributed by atoms with E-state index in [1.807, 2.05) is 6.07 Å². The summed E-state index contributed by atoms with van der Waals surface area (Å²) in [5.41, 5.74) is 7.33. The number of phenolic OH excluding ortho intramolecular Hbond substituents is 1. The molecule has 2 rings (SSSR count). The lowest BCUT2D eigenvalue weighted by molar-refractivity contribution is -0.117. The highest BCUT2D eigenvalue weighted by molar-refractivity contribution is 5.91. The van der Waals surface area contributed by atoms with Crippen LogP contribution < -0.4 is 11.1 Å². The van der Waals surface area contributed by atoms with Gasteiger partial charge in [-0.15, -0.1) is 0 Å². The van der Waals surface area contributed by atoms with E-state index >= 15 is 0 Å². The molecule has 5 heteroatoms. The predicted octanol–water partition coefficient (Wildman–Crippen LogP) is 1.99. The van der Waals surface area contributed by atoms with Gasteiger partial charge in [-0.05, 0) is 35.7 Å². The Hall–Kier alpha value is -2.82. The maximum absolute atomic E-state index is 11.9. The third-order valence-electron chi connectivity index (χ3n) is 3.23. The van der Waals surface area contributed by atoms with Crippen LogP contribution in [0.25, 0.3) is 0 Å². The Morgan fingerprint density at radius 3 is 2.36 bits per heavy atom. The molecule has 2 aromatic rings. The first-order valence-corrected chi connectivity index (χ1v) is 6.98. The summed E-state index contributed by atoms with van der Waals surface area (Å²) in [7, 11) is 0. The largest absolute Gasteiger partial charge is 0.508 e. The number of aromatic hydroxyl groups is 1. The fraction of sp³-hybridized carbons (Fsp3) is 0.176. The molecule has 0 radical (unpaired) electrons. The van der Waals surface area contributed by atoms with Crippen molar-refractivity contribution in [2.24, 2.45) is 5.73 Å². The number of carbonyl (C=O) groups excluding carboxylic acids is 2. The first-order valence-electron chi connectivity index (χ1n) is 6.98. The average Bonchev–Trinajstić information content (AvgIpc) is 2.48. The van der Waals surface area contributed by atoms with E-state index in [-0.39, 0.29) is 30.4 Å². The number of phenols is 1. The molecular weight excluding hydrogens is 280 g/mol. The Labute approximate surface area is 128 Å². The van der Waals surface area contributed by atoms with Crippen LogP contribution in [-0.4, -0.2) is 16.9 Å². The van der Waals surface area contributed by atoms with E-state index in [0.29, 0.717) is 12.1 Å². The van der Waals surface area contributed by atoms with Crippen LogP contribution in [0.3, 0.4) is 0 Å². The van der Waals surface area contributed by atoms with E-state index in [0.717, 1.165) is 11.1 Å². The van der Waals surface area contributed by atoms with Crippen LogP contribution in [0.1, 0.15) is 17.5 Å². The highest BCUT2D eigenvalue weighted by Gasteiger charge is 2.06. The summed E-state index contributed by atoms with van der Waals surface area (Å²) >= 11 is 0. The third kappa shape index (κ3) is 4.63. The molecule has 2 amide bonds. The Kier molecular flexibility index (Phi) is 5.14. The highest BCUT2D eigenvalue weighted by atomic mass is 16.3. The number of rotatable bonds is 6. The minimum Gasteiger partial charge on any atom is -0.508 e. The molecular formula is C17H18N2O3. The topological polar surface area (TPSA) is 92.4 Å². The first-order chi connectivity index (χ1) is 10.5. The number of benzene rings is 2. The number of hydrogen-bond acceptors (Lipinski definition) is 3. The van der Waals surface area contributed by atoms with Gasteiger partial charge in [-0.3, -0.25) is 9.59 Å². The summed E-state index contributed by atoms with van der Waals surface area (Å²) in [4.78, 5) is 22.7. The molecule has 0 saturated heterocycles. The zero-order valence-corrected chi connectivity index (χ0v) is 12.1. The van der Waals surface area contributed by atoms with Crippen molar-refractivity contribution in [2.75, 3.05) is 5.32 Å². The molecule has 0 fully saturated rings. The molecule has 0 aliphatic rings. The molecule has 0 heterocycles. The summed E-state index contributed by atoms with van der Waals surface area (Å²) in [5.74, 6) is -0.323. The van der Waals surface area contributed by atoms with Crippen LogP contribution in [0.5, 0.6) is 5.75 Å². The number of primary amides is 1. The molecule has 22 heavy (non-hydrogen) atoms. The minimum absolute atomic E-state index is 0.133. The second-order valence-corrected chi connectivity index (χ2v) is 5.02. The van der Waals surface area contributed by atoms with Gasteiger partial charge in [0.05, 0.1) is 6.42 Å². The average molecular weight is 298 g/mol. The Morgan fingerprint density at radius 1 is 1.05 bits per heavy atom. The fourth-order valence-corrected chi connectivity index (χ4v) is 2.10. The minimum atomic E-state index is -0.389. The third-order valence-corrected chi connectivity index (χ3v) is 3.23. The number of anilines is 1. The predicted molar refractivity (Wildman–Crippen MR) is 84.4 cm³/mol. The summed E-state index contributed by atoms with van der Waals surface area (Å²) in [5, 5.41) is 12.4. The van der Waals surface area contributed by atoms with Gasteiger partial charge in [-0.2, -0.15) is 0 Å². The molecule has 114 valence electrons. The summed E-state index contributed by atoms with van der Waals surface area (Å²) in [6.07, 6.45) is 0.931. The maximum atomic E-state index is 11.9. The number of aryl methyl sites for hydroxylation is 1. The molecule has 0 spiro atoms. The number of hydrogen-bond donors (Lipinski definition) is 3. The van der Waals surface area contributed by atoms with E-state index in [2.05, 4.69) is 5.32 Å². The number of para-hydroxylation sites is 1. The van der Waals surface area contributed by atoms with Crippen molar-refractivity contribution in [3.8, 4) is 5.75 Å². The standard InChI is InChI=1S/C17H18N2O3/c18-16(21)11-12-5-8-14(9-6-12)19-17(22)10-7-13-3-1-2-4-15(13)20/h1-6,8-9,20H,7,10-11H2,(H2,18,21)(H,19,22). The van der Waals surface area contributed by atoms with Gasteiger partial charge in [-0.1, -0.05) is 30.3 Å². The van der Waals surface area contributed by atoms with Crippen LogP contribution in [0.15, 0.2) is 48.5 Å². The molecule has 0 unspecified atom stereocenters. The Bertz CT molecular complexity index is 666. The Morgan fingerprint density at radius 2 is 1.73 bits per heavy atom. The van der Waals surface area contributed by atoms with Gasteiger partial charge in [-0.25, -0.2) is 0 Å². The smallest absolute Gasteiger partial charge is 0.224 e. The SMILES string of the molecule is NC(=O)Cc1ccc(NC(=O)CCc2ccccc2O)cc1.